The fraction of sp³-hybridized carbons (Fsp3) is 0.333. The average molecular weight is 132 g/mol. The van der Waals surface area contributed by atoms with Crippen LogP contribution in [0.1, 0.15) is 0 Å². The summed E-state index contributed by atoms with van der Waals surface area (Å²) in [6.07, 6.45) is 0. The predicted molar refractivity (Wildman–Crippen MR) is 31.4 cm³/mol. The van der Waals surface area contributed by atoms with Crippen LogP contribution in [-0.2, 0) is 4.79 Å². The molecule has 52 valence electrons. The molecule has 0 bridgehead atoms. The maximum atomic E-state index is 9.79. The molecule has 0 atom stereocenters. The molecule has 0 saturated carbocycles. The minimum atomic E-state index is -1.05. The number of nitrogens with two attached hydrogens (primary N) is 2. The Morgan fingerprint density at radius 3 is 2.67 bits per heavy atom. The number of carbonyl (C=O) groups is 1. The van der Waals surface area contributed by atoms with E-state index in [0.717, 1.165) is 0 Å². The van der Waals surface area contributed by atoms with Crippen molar-refractivity contribution in [2.45, 2.75) is 0 Å². The number of carboxylic acid groups (broad SMARTS) is 1. The van der Waals surface area contributed by atoms with Crippen LogP contribution >= 0.6 is 0 Å². The van der Waals surface area contributed by atoms with Crippen LogP contribution in [0.15, 0.2) is 4.99 Å². The lowest BCUT2D eigenvalue weighted by molar-refractivity contribution is -0.135. The molecule has 0 spiro atoms. The molecule has 0 amide bonds. The zero-order valence-corrected chi connectivity index (χ0v) is 4.66. The molecule has 9 heavy (non-hydrogen) atoms. The van der Waals surface area contributed by atoms with Crippen LogP contribution in [0.5, 0.6) is 0 Å². The first-order valence-electron chi connectivity index (χ1n) is 2.15. The maximum absolute atomic E-state index is 9.79. The van der Waals surface area contributed by atoms with Gasteiger partial charge in [0.05, 0.1) is 0 Å². The van der Waals surface area contributed by atoms with E-state index in [4.69, 9.17) is 16.7 Å². The van der Waals surface area contributed by atoms with Crippen LogP contribution in [0.4, 0.5) is 0 Å². The number of hydrogen-bond donors (Lipinski definition) is 4. The standard InChI is InChI=1S/C3H8N4O2/c4-3(7-5)6-1-2(8)9/h1,5H2,(H,8,9)(H3,4,6,7). The summed E-state index contributed by atoms with van der Waals surface area (Å²) >= 11 is 0. The van der Waals surface area contributed by atoms with Crippen molar-refractivity contribution in [3.8, 4) is 0 Å². The Hall–Kier alpha value is -1.30. The molecule has 6 nitrogen and oxygen atoms in total. The number of carboxylic acids is 1. The Bertz CT molecular complexity index is 132. The van der Waals surface area contributed by atoms with Gasteiger partial charge in [0.15, 0.2) is 0 Å². The summed E-state index contributed by atoms with van der Waals surface area (Å²) in [5.74, 6) is 3.63. The molecule has 6 heteroatoms. The second-order valence-corrected chi connectivity index (χ2v) is 1.24. The number of aliphatic imine (C=N–C) groups is 1. The minimum absolute atomic E-state index is 0.0857. The van der Waals surface area contributed by atoms with Gasteiger partial charge in [0.2, 0.25) is 5.96 Å². The van der Waals surface area contributed by atoms with Crippen molar-refractivity contribution in [1.82, 2.24) is 5.43 Å². The highest BCUT2D eigenvalue weighted by atomic mass is 16.4. The molecule has 0 fully saturated rings. The zero-order chi connectivity index (χ0) is 7.28. The number of nitrogens with one attached hydrogen (secondary N) is 1. The summed E-state index contributed by atoms with van der Waals surface area (Å²) in [6, 6.07) is 0. The molecule has 0 unspecified atom stereocenters. The molecule has 0 aliphatic carbocycles. The highest BCUT2D eigenvalue weighted by Crippen LogP contribution is 1.66. The highest BCUT2D eigenvalue weighted by molar-refractivity contribution is 5.80. The number of guanidine groups is 1. The van der Waals surface area contributed by atoms with E-state index in [2.05, 4.69) is 4.99 Å². The second kappa shape index (κ2) is 3.67. The first-order valence-corrected chi connectivity index (χ1v) is 2.15. The van der Waals surface area contributed by atoms with Crippen LogP contribution in [0.2, 0.25) is 0 Å². The molecule has 0 saturated heterocycles. The average Bonchev–Trinajstić information content (AvgIpc) is 1.83. The van der Waals surface area contributed by atoms with Gasteiger partial charge in [-0.25, -0.2) is 10.8 Å². The van der Waals surface area contributed by atoms with Crippen LogP contribution < -0.4 is 17.0 Å². The SMILES string of the molecule is NN/C(N)=N/CC(=O)O. The molecule has 0 radical (unpaired) electrons. The van der Waals surface area contributed by atoms with Crippen LogP contribution in [0.25, 0.3) is 0 Å². The number of hydrazine groups is 1. The molecule has 0 heterocycles. The smallest absolute Gasteiger partial charge is 0.325 e. The summed E-state index contributed by atoms with van der Waals surface area (Å²) in [5, 5.41) is 8.03. The summed E-state index contributed by atoms with van der Waals surface area (Å²) in [5.41, 5.74) is 6.96. The van der Waals surface area contributed by atoms with Gasteiger partial charge >= 0.3 is 5.97 Å². The minimum Gasteiger partial charge on any atom is -0.480 e. The summed E-state index contributed by atoms with van der Waals surface area (Å²) in [6.45, 7) is -0.365. The summed E-state index contributed by atoms with van der Waals surface area (Å²) < 4.78 is 0. The van der Waals surface area contributed by atoms with Crippen LogP contribution in [0.3, 0.4) is 0 Å². The van der Waals surface area contributed by atoms with Gasteiger partial charge in [-0.1, -0.05) is 0 Å². The van der Waals surface area contributed by atoms with E-state index in [0.29, 0.717) is 0 Å². The van der Waals surface area contributed by atoms with Gasteiger partial charge in [-0.05, 0) is 0 Å². The lowest BCUT2D eigenvalue weighted by atomic mass is 10.7. The monoisotopic (exact) mass is 132 g/mol. The first kappa shape index (κ1) is 7.70. The van der Waals surface area contributed by atoms with Crippen molar-refractivity contribution in [1.29, 1.82) is 0 Å². The van der Waals surface area contributed by atoms with Gasteiger partial charge in [0.1, 0.15) is 6.54 Å². The Morgan fingerprint density at radius 1 is 1.78 bits per heavy atom. The Morgan fingerprint density at radius 2 is 2.33 bits per heavy atom. The van der Waals surface area contributed by atoms with E-state index in [9.17, 15) is 4.79 Å². The Labute approximate surface area is 51.5 Å². The molecular formula is C3H8N4O2. The third-order valence-corrected chi connectivity index (χ3v) is 0.533. The topological polar surface area (TPSA) is 114 Å². The third-order valence-electron chi connectivity index (χ3n) is 0.533. The molecule has 0 aliphatic heterocycles. The van der Waals surface area contributed by atoms with Crippen LogP contribution in [0, 0.1) is 0 Å². The third kappa shape index (κ3) is 4.56. The molecular weight excluding hydrogens is 124 g/mol. The van der Waals surface area contributed by atoms with Gasteiger partial charge in [-0.3, -0.25) is 10.2 Å². The molecule has 0 aromatic rings. The van der Waals surface area contributed by atoms with Crippen molar-refractivity contribution in [2.24, 2.45) is 16.6 Å². The van der Waals surface area contributed by atoms with Gasteiger partial charge in [-0.2, -0.15) is 0 Å². The van der Waals surface area contributed by atoms with Gasteiger partial charge < -0.3 is 10.8 Å². The number of nitrogens with zero attached hydrogens (tertiary/aromatic N) is 1. The fourth-order valence-corrected chi connectivity index (χ4v) is 0.198. The summed E-state index contributed by atoms with van der Waals surface area (Å²) in [4.78, 5) is 13.1. The van der Waals surface area contributed by atoms with E-state index in [1.165, 1.54) is 0 Å². The quantitative estimate of drug-likeness (QED) is 0.148. The molecule has 0 aliphatic rings. The number of rotatable bonds is 2. The van der Waals surface area contributed by atoms with Crippen molar-refractivity contribution >= 4 is 11.9 Å². The van der Waals surface area contributed by atoms with E-state index >= 15 is 0 Å². The summed E-state index contributed by atoms with van der Waals surface area (Å²) in [7, 11) is 0. The van der Waals surface area contributed by atoms with E-state index in [1.807, 2.05) is 5.43 Å². The highest BCUT2D eigenvalue weighted by Gasteiger charge is 1.91. The fourth-order valence-electron chi connectivity index (χ4n) is 0.198. The lowest BCUT2D eigenvalue weighted by Gasteiger charge is -1.93. The largest absolute Gasteiger partial charge is 0.480 e. The van der Waals surface area contributed by atoms with Crippen molar-refractivity contribution in [3.05, 3.63) is 0 Å². The van der Waals surface area contributed by atoms with Gasteiger partial charge in [0, 0.05) is 0 Å². The lowest BCUT2D eigenvalue weighted by Crippen LogP contribution is -2.37. The van der Waals surface area contributed by atoms with E-state index < -0.39 is 5.97 Å². The van der Waals surface area contributed by atoms with Crippen molar-refractivity contribution < 1.29 is 9.90 Å². The van der Waals surface area contributed by atoms with Gasteiger partial charge in [0.25, 0.3) is 0 Å². The zero-order valence-electron chi connectivity index (χ0n) is 4.66. The van der Waals surface area contributed by atoms with Crippen molar-refractivity contribution in [2.75, 3.05) is 6.54 Å². The molecule has 0 aromatic heterocycles. The Balaban J connectivity index is 3.56. The second-order valence-electron chi connectivity index (χ2n) is 1.24. The van der Waals surface area contributed by atoms with E-state index in [-0.39, 0.29) is 12.5 Å². The van der Waals surface area contributed by atoms with Gasteiger partial charge in [-0.15, -0.1) is 0 Å². The number of aliphatic carboxylic acids is 1. The maximum Gasteiger partial charge on any atom is 0.325 e. The number of hydrogen-bond acceptors (Lipinski definition) is 3. The molecule has 6 N–H and O–H groups in total. The van der Waals surface area contributed by atoms with Crippen molar-refractivity contribution in [3.63, 3.8) is 0 Å². The molecule has 0 rings (SSSR count). The normalized spacial score (nSPS) is 11.0. The van der Waals surface area contributed by atoms with E-state index in [1.54, 1.807) is 0 Å². The first-order chi connectivity index (χ1) is 4.16. The Kier molecular flexibility index (Phi) is 3.14. The predicted octanol–water partition coefficient (Wildman–Crippen LogP) is -2.15. The molecule has 0 aromatic carbocycles. The van der Waals surface area contributed by atoms with Crippen LogP contribution in [-0.4, -0.2) is 23.6 Å².